The molecule has 1 aliphatic heterocycles. The molecule has 0 radical (unpaired) electrons. The van der Waals surface area contributed by atoms with E-state index < -0.39 is 5.54 Å². The van der Waals surface area contributed by atoms with Crippen LogP contribution in [0.2, 0.25) is 0 Å². The van der Waals surface area contributed by atoms with E-state index in [0.29, 0.717) is 19.8 Å². The van der Waals surface area contributed by atoms with E-state index in [-0.39, 0.29) is 12.6 Å². The molecule has 1 fully saturated rings. The highest BCUT2D eigenvalue weighted by molar-refractivity contribution is 5.77. The molecular weight excluding hydrogens is 282 g/mol. The third-order valence-corrected chi connectivity index (χ3v) is 4.69. The van der Waals surface area contributed by atoms with Crippen molar-refractivity contribution in [2.45, 2.75) is 18.5 Å². The Morgan fingerprint density at radius 3 is 3.05 bits per heavy atom. The molecule has 0 saturated carbocycles. The van der Waals surface area contributed by atoms with Gasteiger partial charge in [-0.1, -0.05) is 0 Å². The Kier molecular flexibility index (Phi) is 4.03. The second-order valence-corrected chi connectivity index (χ2v) is 6.07. The smallest absolute Gasteiger partial charge is 0.203 e. The van der Waals surface area contributed by atoms with Crippen LogP contribution in [0.3, 0.4) is 0 Å². The van der Waals surface area contributed by atoms with Crippen LogP contribution in [-0.4, -0.2) is 69.5 Å². The van der Waals surface area contributed by atoms with E-state index in [4.69, 9.17) is 4.74 Å². The largest absolute Gasteiger partial charge is 0.394 e. The van der Waals surface area contributed by atoms with E-state index in [2.05, 4.69) is 27.1 Å². The summed E-state index contributed by atoms with van der Waals surface area (Å²) in [4.78, 5) is 10.8. The Labute approximate surface area is 129 Å². The van der Waals surface area contributed by atoms with Crippen molar-refractivity contribution in [3.05, 3.63) is 18.5 Å². The molecule has 0 aliphatic carbocycles. The van der Waals surface area contributed by atoms with Crippen molar-refractivity contribution < 1.29 is 9.84 Å². The number of nitrogens with one attached hydrogen (secondary N) is 1. The van der Waals surface area contributed by atoms with Crippen LogP contribution in [0.4, 0.5) is 5.95 Å². The van der Waals surface area contributed by atoms with Gasteiger partial charge in [-0.15, -0.1) is 0 Å². The highest BCUT2D eigenvalue weighted by Crippen LogP contribution is 2.24. The number of aliphatic hydroxyl groups excluding tert-OH is 1. The third-order valence-electron chi connectivity index (χ3n) is 4.69. The summed E-state index contributed by atoms with van der Waals surface area (Å²) in [5.74, 6) is 0.766. The van der Waals surface area contributed by atoms with Crippen molar-refractivity contribution in [3.63, 3.8) is 0 Å². The number of hydrogen-bond donors (Lipinski definition) is 2. The first kappa shape index (κ1) is 15.2. The molecule has 22 heavy (non-hydrogen) atoms. The van der Waals surface area contributed by atoms with Crippen LogP contribution in [0.1, 0.15) is 6.92 Å². The number of ether oxygens (including phenoxy) is 1. The van der Waals surface area contributed by atoms with Gasteiger partial charge in [0.15, 0.2) is 0 Å². The molecular formula is C15H23N5O2. The highest BCUT2D eigenvalue weighted by atomic mass is 16.5. The van der Waals surface area contributed by atoms with Gasteiger partial charge in [0.2, 0.25) is 5.95 Å². The van der Waals surface area contributed by atoms with Crippen LogP contribution in [0.5, 0.6) is 0 Å². The molecule has 2 aromatic rings. The predicted octanol–water partition coefficient (Wildman–Crippen LogP) is 0.462. The van der Waals surface area contributed by atoms with E-state index >= 15 is 0 Å². The maximum Gasteiger partial charge on any atom is 0.203 e. The minimum atomic E-state index is -0.436. The van der Waals surface area contributed by atoms with E-state index in [1.165, 1.54) is 0 Å². The number of fused-ring (bicyclic) bond motifs is 1. The van der Waals surface area contributed by atoms with Crippen molar-refractivity contribution in [1.29, 1.82) is 0 Å². The van der Waals surface area contributed by atoms with Gasteiger partial charge in [0.05, 0.1) is 37.1 Å². The van der Waals surface area contributed by atoms with Crippen LogP contribution in [0.25, 0.3) is 11.0 Å². The fourth-order valence-electron chi connectivity index (χ4n) is 2.94. The summed E-state index contributed by atoms with van der Waals surface area (Å²) in [5.41, 5.74) is 1.44. The summed E-state index contributed by atoms with van der Waals surface area (Å²) in [6, 6.07) is 2.21. The molecule has 1 saturated heterocycles. The first-order chi connectivity index (χ1) is 10.6. The predicted molar refractivity (Wildman–Crippen MR) is 84.9 cm³/mol. The van der Waals surface area contributed by atoms with Crippen molar-refractivity contribution >= 4 is 17.0 Å². The summed E-state index contributed by atoms with van der Waals surface area (Å²) in [7, 11) is 4.00. The summed E-state index contributed by atoms with van der Waals surface area (Å²) >= 11 is 0. The van der Waals surface area contributed by atoms with Crippen LogP contribution in [0, 0.1) is 0 Å². The van der Waals surface area contributed by atoms with Crippen LogP contribution < -0.4 is 5.32 Å². The molecule has 3 heterocycles. The average Bonchev–Trinajstić information content (AvgIpc) is 2.86. The lowest BCUT2D eigenvalue weighted by Crippen LogP contribution is -2.64. The zero-order valence-corrected chi connectivity index (χ0v) is 13.3. The van der Waals surface area contributed by atoms with Gasteiger partial charge < -0.3 is 19.7 Å². The van der Waals surface area contributed by atoms with Gasteiger partial charge in [-0.2, -0.15) is 0 Å². The number of hydrogen-bond acceptors (Lipinski definition) is 6. The van der Waals surface area contributed by atoms with Crippen molar-refractivity contribution in [1.82, 2.24) is 19.4 Å². The Bertz CT molecular complexity index is 658. The van der Waals surface area contributed by atoms with Crippen LogP contribution >= 0.6 is 0 Å². The number of aliphatic hydroxyl groups is 1. The van der Waals surface area contributed by atoms with Gasteiger partial charge >= 0.3 is 0 Å². The number of aromatic nitrogens is 3. The van der Waals surface area contributed by atoms with Crippen LogP contribution in [0.15, 0.2) is 18.5 Å². The van der Waals surface area contributed by atoms with Gasteiger partial charge in [-0.05, 0) is 20.0 Å². The van der Waals surface area contributed by atoms with Gasteiger partial charge in [0.1, 0.15) is 5.52 Å². The van der Waals surface area contributed by atoms with Gasteiger partial charge in [0.25, 0.3) is 0 Å². The Balaban J connectivity index is 1.81. The van der Waals surface area contributed by atoms with E-state index in [1.54, 1.807) is 12.4 Å². The average molecular weight is 305 g/mol. The molecule has 0 aromatic carbocycles. The standard InChI is InChI=1S/C15H23N5O2/c1-11-7-22-10-15(9-21,20(11)3)8-17-14-18-12-6-16-5-4-13(12)19(14)2/h4-6,11,21H,7-10H2,1-3H3,(H,17,18)/t11-,15+/m1/s1. The Hall–Kier alpha value is -1.70. The minimum absolute atomic E-state index is 0.0341. The molecule has 1 aliphatic rings. The number of aryl methyl sites for hydroxylation is 1. The topological polar surface area (TPSA) is 75.4 Å². The lowest BCUT2D eigenvalue weighted by molar-refractivity contribution is -0.101. The lowest BCUT2D eigenvalue weighted by Gasteiger charge is -2.47. The highest BCUT2D eigenvalue weighted by Gasteiger charge is 2.40. The molecule has 120 valence electrons. The second kappa shape index (κ2) is 5.83. The normalized spacial score (nSPS) is 26.5. The zero-order chi connectivity index (χ0) is 15.7. The van der Waals surface area contributed by atoms with Crippen molar-refractivity contribution in [2.24, 2.45) is 7.05 Å². The number of pyridine rings is 1. The third kappa shape index (κ3) is 2.45. The Morgan fingerprint density at radius 2 is 2.32 bits per heavy atom. The van der Waals surface area contributed by atoms with Gasteiger partial charge in [-0.3, -0.25) is 9.88 Å². The minimum Gasteiger partial charge on any atom is -0.394 e. The lowest BCUT2D eigenvalue weighted by atomic mass is 9.96. The number of anilines is 1. The van der Waals surface area contributed by atoms with E-state index in [1.807, 2.05) is 24.7 Å². The Morgan fingerprint density at radius 1 is 1.50 bits per heavy atom. The second-order valence-electron chi connectivity index (χ2n) is 6.07. The molecule has 0 amide bonds. The van der Waals surface area contributed by atoms with Crippen molar-refractivity contribution in [3.8, 4) is 0 Å². The molecule has 0 bridgehead atoms. The van der Waals surface area contributed by atoms with Gasteiger partial charge in [0, 0.05) is 25.8 Å². The first-order valence-corrected chi connectivity index (χ1v) is 7.49. The summed E-state index contributed by atoms with van der Waals surface area (Å²) in [6.45, 7) is 3.89. The fraction of sp³-hybridized carbons (Fsp3) is 0.600. The van der Waals surface area contributed by atoms with E-state index in [0.717, 1.165) is 17.0 Å². The maximum absolute atomic E-state index is 9.92. The van der Waals surface area contributed by atoms with Crippen LogP contribution in [-0.2, 0) is 11.8 Å². The fourth-order valence-corrected chi connectivity index (χ4v) is 2.94. The number of likely N-dealkylation sites (N-methyl/N-ethyl adjacent to an activating group) is 1. The number of rotatable bonds is 4. The first-order valence-electron chi connectivity index (χ1n) is 7.49. The maximum atomic E-state index is 9.92. The van der Waals surface area contributed by atoms with Gasteiger partial charge in [-0.25, -0.2) is 4.98 Å². The SMILES string of the molecule is C[C@@H]1COC[C@@](CO)(CNc2nc3cnccc3n2C)N1C. The van der Waals surface area contributed by atoms with E-state index in [9.17, 15) is 5.11 Å². The summed E-state index contributed by atoms with van der Waals surface area (Å²) in [6.07, 6.45) is 3.51. The summed E-state index contributed by atoms with van der Waals surface area (Å²) < 4.78 is 7.65. The molecule has 0 unspecified atom stereocenters. The van der Waals surface area contributed by atoms with Crippen molar-refractivity contribution in [2.75, 3.05) is 38.7 Å². The quantitative estimate of drug-likeness (QED) is 0.855. The number of morpholine rings is 1. The molecule has 7 heteroatoms. The molecule has 7 nitrogen and oxygen atoms in total. The molecule has 2 aromatic heterocycles. The summed E-state index contributed by atoms with van der Waals surface area (Å²) in [5, 5.41) is 13.3. The molecule has 2 N–H and O–H groups in total. The number of imidazole rings is 1. The molecule has 0 spiro atoms. The number of nitrogens with zero attached hydrogens (tertiary/aromatic N) is 4. The molecule has 2 atom stereocenters. The zero-order valence-electron chi connectivity index (χ0n) is 13.3. The molecule has 3 rings (SSSR count). The monoisotopic (exact) mass is 305 g/mol.